The van der Waals surface area contributed by atoms with Crippen LogP contribution in [0.5, 0.6) is 0 Å². The highest BCUT2D eigenvalue weighted by molar-refractivity contribution is 7.89. The molecule has 1 saturated carbocycles. The minimum Gasteiger partial charge on any atom is -0.481 e. The molecule has 0 bridgehead atoms. The van der Waals surface area contributed by atoms with E-state index in [1.807, 2.05) is 0 Å². The van der Waals surface area contributed by atoms with Gasteiger partial charge in [-0.05, 0) is 37.8 Å². The third-order valence-electron chi connectivity index (χ3n) is 4.79. The number of aryl methyl sites for hydroxylation is 1. The molecule has 1 aromatic rings. The van der Waals surface area contributed by atoms with Crippen LogP contribution >= 0.6 is 0 Å². The second-order valence-corrected chi connectivity index (χ2v) is 7.92. The number of hydrogen-bond acceptors (Lipinski definition) is 4. The van der Waals surface area contributed by atoms with E-state index in [9.17, 15) is 18.3 Å². The minimum atomic E-state index is -3.66. The first-order chi connectivity index (χ1) is 9.86. The summed E-state index contributed by atoms with van der Waals surface area (Å²) >= 11 is 0. The third-order valence-corrected chi connectivity index (χ3v) is 6.58. The number of aromatic nitrogens is 1. The fraction of sp³-hybridized carbons (Fsp3) is 0.571. The molecule has 6 nitrogen and oxygen atoms in total. The van der Waals surface area contributed by atoms with Gasteiger partial charge in [0.15, 0.2) is 0 Å². The van der Waals surface area contributed by atoms with Gasteiger partial charge in [0.1, 0.15) is 4.90 Å². The molecule has 1 aliphatic carbocycles. The number of carboxylic acids is 1. The molecule has 1 aromatic heterocycles. The highest BCUT2D eigenvalue weighted by Gasteiger charge is 2.57. The van der Waals surface area contributed by atoms with E-state index < -0.39 is 21.4 Å². The van der Waals surface area contributed by atoms with Crippen LogP contribution in [0, 0.1) is 18.3 Å². The van der Waals surface area contributed by atoms with Crippen molar-refractivity contribution in [3.8, 4) is 0 Å². The topological polar surface area (TPSA) is 87.6 Å². The largest absolute Gasteiger partial charge is 0.481 e. The Morgan fingerprint density at radius 1 is 1.48 bits per heavy atom. The average molecular weight is 310 g/mol. The Labute approximate surface area is 123 Å². The molecule has 21 heavy (non-hydrogen) atoms. The lowest BCUT2D eigenvalue weighted by molar-refractivity contribution is -0.149. The second kappa shape index (κ2) is 4.78. The van der Waals surface area contributed by atoms with Crippen molar-refractivity contribution >= 4 is 16.0 Å². The molecule has 0 spiro atoms. The summed E-state index contributed by atoms with van der Waals surface area (Å²) in [6.07, 6.45) is 3.54. The van der Waals surface area contributed by atoms with Crippen LogP contribution in [0.4, 0.5) is 0 Å². The fourth-order valence-corrected chi connectivity index (χ4v) is 5.03. The van der Waals surface area contributed by atoms with Gasteiger partial charge in [0.2, 0.25) is 10.0 Å². The number of hydrogen-bond donors (Lipinski definition) is 1. The Hall–Kier alpha value is -1.47. The van der Waals surface area contributed by atoms with E-state index in [0.717, 1.165) is 18.5 Å². The van der Waals surface area contributed by atoms with Crippen LogP contribution in [-0.2, 0) is 14.8 Å². The second-order valence-electron chi connectivity index (χ2n) is 5.98. The maximum Gasteiger partial charge on any atom is 0.311 e. The van der Waals surface area contributed by atoms with Crippen LogP contribution in [-0.4, -0.2) is 41.9 Å². The zero-order valence-corrected chi connectivity index (χ0v) is 12.6. The number of carboxylic acid groups (broad SMARTS) is 1. The van der Waals surface area contributed by atoms with E-state index in [1.165, 1.54) is 16.6 Å². The minimum absolute atomic E-state index is 0.0726. The highest BCUT2D eigenvalue weighted by atomic mass is 32.2. The van der Waals surface area contributed by atoms with E-state index >= 15 is 0 Å². The summed E-state index contributed by atoms with van der Waals surface area (Å²) in [4.78, 5) is 15.8. The molecule has 2 atom stereocenters. The number of nitrogens with zero attached hydrogens (tertiary/aromatic N) is 2. The molecule has 0 amide bonds. The Kier molecular flexibility index (Phi) is 3.29. The van der Waals surface area contributed by atoms with E-state index in [0.29, 0.717) is 13.0 Å². The van der Waals surface area contributed by atoms with E-state index in [1.54, 1.807) is 13.0 Å². The summed E-state index contributed by atoms with van der Waals surface area (Å²) in [5.41, 5.74) is -0.153. The maximum absolute atomic E-state index is 12.6. The van der Waals surface area contributed by atoms with Crippen molar-refractivity contribution in [1.82, 2.24) is 9.29 Å². The van der Waals surface area contributed by atoms with Crippen LogP contribution in [0.2, 0.25) is 0 Å². The summed E-state index contributed by atoms with van der Waals surface area (Å²) in [5, 5.41) is 9.53. The number of fused-ring (bicyclic) bond motifs is 1. The van der Waals surface area contributed by atoms with Crippen molar-refractivity contribution < 1.29 is 18.3 Å². The van der Waals surface area contributed by atoms with Gasteiger partial charge in [0, 0.05) is 25.0 Å². The van der Waals surface area contributed by atoms with Crippen molar-refractivity contribution in [2.75, 3.05) is 13.1 Å². The van der Waals surface area contributed by atoms with Gasteiger partial charge in [-0.2, -0.15) is 4.31 Å². The van der Waals surface area contributed by atoms with E-state index in [-0.39, 0.29) is 17.4 Å². The van der Waals surface area contributed by atoms with Gasteiger partial charge in [-0.15, -0.1) is 0 Å². The van der Waals surface area contributed by atoms with Crippen LogP contribution < -0.4 is 0 Å². The average Bonchev–Trinajstić information content (AvgIpc) is 2.96. The molecule has 0 radical (unpaired) electrons. The van der Waals surface area contributed by atoms with Gasteiger partial charge in [-0.3, -0.25) is 9.78 Å². The number of sulfonamides is 1. The predicted octanol–water partition coefficient (Wildman–Crippen LogP) is 1.27. The molecule has 0 aromatic carbocycles. The molecule has 2 fully saturated rings. The lowest BCUT2D eigenvalue weighted by Crippen LogP contribution is -2.37. The zero-order valence-electron chi connectivity index (χ0n) is 11.8. The molecular weight excluding hydrogens is 292 g/mol. The van der Waals surface area contributed by atoms with Gasteiger partial charge in [0.05, 0.1) is 5.41 Å². The van der Waals surface area contributed by atoms with Crippen LogP contribution in [0.15, 0.2) is 23.2 Å². The van der Waals surface area contributed by atoms with Crippen molar-refractivity contribution in [3.63, 3.8) is 0 Å². The van der Waals surface area contributed by atoms with Crippen LogP contribution in [0.3, 0.4) is 0 Å². The van der Waals surface area contributed by atoms with Crippen molar-refractivity contribution in [2.24, 2.45) is 11.3 Å². The molecule has 1 N–H and O–H groups in total. The highest BCUT2D eigenvalue weighted by Crippen LogP contribution is 2.50. The number of rotatable bonds is 3. The standard InChI is InChI=1S/C14H18N2O4S/c1-10-4-5-12(7-15-10)21(19,20)16-8-11-3-2-6-14(11,9-16)13(17)18/h4-5,7,11H,2-3,6,8-9H2,1H3,(H,17,18)/t11-,14+/m0/s1. The van der Waals surface area contributed by atoms with Crippen molar-refractivity contribution in [3.05, 3.63) is 24.0 Å². The summed E-state index contributed by atoms with van der Waals surface area (Å²) < 4.78 is 26.6. The lowest BCUT2D eigenvalue weighted by atomic mass is 9.81. The number of carbonyl (C=O) groups is 1. The van der Waals surface area contributed by atoms with Gasteiger partial charge in [-0.1, -0.05) is 6.42 Å². The normalized spacial score (nSPS) is 29.5. The summed E-state index contributed by atoms with van der Waals surface area (Å²) in [7, 11) is -3.66. The number of aliphatic carboxylic acids is 1. The molecule has 0 unspecified atom stereocenters. The molecule has 7 heteroatoms. The van der Waals surface area contributed by atoms with Gasteiger partial charge >= 0.3 is 5.97 Å². The lowest BCUT2D eigenvalue weighted by Gasteiger charge is -2.23. The fourth-order valence-electron chi connectivity index (χ4n) is 3.53. The molecule has 114 valence electrons. The van der Waals surface area contributed by atoms with Crippen LogP contribution in [0.1, 0.15) is 25.0 Å². The molecule has 2 heterocycles. The van der Waals surface area contributed by atoms with Crippen molar-refractivity contribution in [1.29, 1.82) is 0 Å². The summed E-state index contributed by atoms with van der Waals surface area (Å²) in [5.74, 6) is -0.951. The van der Waals surface area contributed by atoms with Crippen LogP contribution in [0.25, 0.3) is 0 Å². The van der Waals surface area contributed by atoms with Crippen molar-refractivity contribution in [2.45, 2.75) is 31.1 Å². The summed E-state index contributed by atoms with van der Waals surface area (Å²) in [6.45, 7) is 2.15. The zero-order chi connectivity index (χ0) is 15.3. The molecule has 1 saturated heterocycles. The van der Waals surface area contributed by atoms with Gasteiger partial charge in [-0.25, -0.2) is 8.42 Å². The number of pyridine rings is 1. The van der Waals surface area contributed by atoms with Gasteiger partial charge in [0.25, 0.3) is 0 Å². The third kappa shape index (κ3) is 2.15. The molecule has 3 rings (SSSR count). The quantitative estimate of drug-likeness (QED) is 0.908. The molecule has 1 aliphatic heterocycles. The smallest absolute Gasteiger partial charge is 0.311 e. The van der Waals surface area contributed by atoms with Gasteiger partial charge < -0.3 is 5.11 Å². The molecule has 2 aliphatic rings. The first-order valence-electron chi connectivity index (χ1n) is 7.02. The Bertz CT molecular complexity index is 671. The monoisotopic (exact) mass is 310 g/mol. The Balaban J connectivity index is 1.92. The maximum atomic E-state index is 12.6. The van der Waals surface area contributed by atoms with E-state index in [4.69, 9.17) is 0 Å². The SMILES string of the molecule is Cc1ccc(S(=O)(=O)N2C[C@@H]3CCC[C@@]3(C(=O)O)C2)cn1. The molecular formula is C14H18N2O4S. The summed E-state index contributed by atoms with van der Waals surface area (Å²) in [6, 6.07) is 3.18. The predicted molar refractivity (Wildman–Crippen MR) is 75.1 cm³/mol. The Morgan fingerprint density at radius 3 is 2.81 bits per heavy atom. The Morgan fingerprint density at radius 2 is 2.24 bits per heavy atom. The first-order valence-corrected chi connectivity index (χ1v) is 8.46. The first kappa shape index (κ1) is 14.5. The van der Waals surface area contributed by atoms with E-state index in [2.05, 4.69) is 4.98 Å².